The molecule has 44 heavy (non-hydrogen) atoms. The lowest BCUT2D eigenvalue weighted by Gasteiger charge is -2.16. The van der Waals surface area contributed by atoms with E-state index in [0.29, 0.717) is 23.1 Å². The van der Waals surface area contributed by atoms with Crippen LogP contribution in [0.3, 0.4) is 0 Å². The molecular formula is C39H33N3O2. The molecule has 3 heterocycles. The Bertz CT molecular complexity index is 2190. The van der Waals surface area contributed by atoms with E-state index in [1.807, 2.05) is 31.2 Å². The van der Waals surface area contributed by atoms with Crippen LogP contribution in [0.15, 0.2) is 103 Å². The van der Waals surface area contributed by atoms with Gasteiger partial charge in [-0.2, -0.15) is 0 Å². The largest absolute Gasteiger partial charge is 0.506 e. The third-order valence-electron chi connectivity index (χ3n) is 9.17. The molecule has 0 spiro atoms. The smallest absolute Gasteiger partial charge is 0.219 e. The standard InChI is InChI=1S/C39H33N3O2/c1-24-18-20-34(43)38-29(24)19-21-36(41-38)44-28-22-25(2)37-31-15-8-14-30(26-10-6-7-11-26)39(31)42(33(37)23-28)35-17-9-16-32(40-35)27-12-4-3-5-13-27/h3-5,8-9,12-23,26,43H,6-7,10-11H2,1-2H3. The summed E-state index contributed by atoms with van der Waals surface area (Å²) in [5, 5.41) is 13.9. The van der Waals surface area contributed by atoms with Crippen molar-refractivity contribution in [2.45, 2.75) is 45.4 Å². The molecule has 1 aliphatic rings. The van der Waals surface area contributed by atoms with E-state index in [4.69, 9.17) is 9.72 Å². The number of para-hydroxylation sites is 1. The SMILES string of the molecule is Cc1ccc(O)c2nc(Oc3cc(C)c4c5cccc(C6CCCC6)c5n(-c5cccc(-c6ccccc6)n5)c4c3)ccc12. The first kappa shape index (κ1) is 26.5. The van der Waals surface area contributed by atoms with Gasteiger partial charge in [-0.1, -0.05) is 73.5 Å². The first-order chi connectivity index (χ1) is 21.5. The molecule has 0 amide bonds. The number of pyridine rings is 2. The van der Waals surface area contributed by atoms with E-state index in [2.05, 4.69) is 89.3 Å². The van der Waals surface area contributed by atoms with Crippen LogP contribution < -0.4 is 4.74 Å². The Morgan fingerprint density at radius 3 is 2.41 bits per heavy atom. The van der Waals surface area contributed by atoms with Crippen LogP contribution in [0, 0.1) is 13.8 Å². The topological polar surface area (TPSA) is 60.2 Å². The average molecular weight is 576 g/mol. The number of fused-ring (bicyclic) bond motifs is 4. The van der Waals surface area contributed by atoms with E-state index in [-0.39, 0.29) is 5.75 Å². The summed E-state index contributed by atoms with van der Waals surface area (Å²) >= 11 is 0. The summed E-state index contributed by atoms with van der Waals surface area (Å²) in [6.45, 7) is 4.17. The Labute approximate surface area is 256 Å². The van der Waals surface area contributed by atoms with Gasteiger partial charge in [-0.05, 0) is 79.6 Å². The fourth-order valence-corrected chi connectivity index (χ4v) is 7.08. The molecule has 0 aliphatic heterocycles. The zero-order chi connectivity index (χ0) is 29.8. The molecular weight excluding hydrogens is 542 g/mol. The van der Waals surface area contributed by atoms with E-state index in [9.17, 15) is 5.11 Å². The predicted molar refractivity (Wildman–Crippen MR) is 178 cm³/mol. The summed E-state index contributed by atoms with van der Waals surface area (Å²) in [6.07, 6.45) is 4.97. The van der Waals surface area contributed by atoms with Crippen molar-refractivity contribution in [3.8, 4) is 34.5 Å². The molecule has 1 aliphatic carbocycles. The quantitative estimate of drug-likeness (QED) is 0.222. The highest BCUT2D eigenvalue weighted by Crippen LogP contribution is 2.44. The van der Waals surface area contributed by atoms with Crippen molar-refractivity contribution in [1.29, 1.82) is 0 Å². The Balaban J connectivity index is 1.35. The number of hydrogen-bond acceptors (Lipinski definition) is 4. The highest BCUT2D eigenvalue weighted by Gasteiger charge is 2.25. The third kappa shape index (κ3) is 4.39. The number of nitrogens with zero attached hydrogens (tertiary/aromatic N) is 3. The molecule has 7 aromatic rings. The van der Waals surface area contributed by atoms with Gasteiger partial charge in [-0.25, -0.2) is 9.97 Å². The molecule has 0 unspecified atom stereocenters. The van der Waals surface area contributed by atoms with Crippen LogP contribution in [0.2, 0.25) is 0 Å². The molecule has 0 atom stereocenters. The maximum Gasteiger partial charge on any atom is 0.219 e. The summed E-state index contributed by atoms with van der Waals surface area (Å²) in [5.41, 5.74) is 8.44. The Morgan fingerprint density at radius 2 is 1.57 bits per heavy atom. The van der Waals surface area contributed by atoms with Crippen LogP contribution in [0.1, 0.15) is 48.3 Å². The lowest BCUT2D eigenvalue weighted by atomic mass is 9.94. The van der Waals surface area contributed by atoms with E-state index in [0.717, 1.165) is 39.1 Å². The van der Waals surface area contributed by atoms with Gasteiger partial charge >= 0.3 is 0 Å². The predicted octanol–water partition coefficient (Wildman–Crippen LogP) is 10.2. The van der Waals surface area contributed by atoms with Crippen LogP contribution in [-0.4, -0.2) is 19.6 Å². The summed E-state index contributed by atoms with van der Waals surface area (Å²) in [5.74, 6) is 2.70. The zero-order valence-electron chi connectivity index (χ0n) is 24.9. The molecule has 1 N–H and O–H groups in total. The number of hydrogen-bond donors (Lipinski definition) is 1. The molecule has 3 aromatic heterocycles. The number of ether oxygens (including phenoxy) is 1. The Hall–Kier alpha value is -5.16. The fourth-order valence-electron chi connectivity index (χ4n) is 7.08. The molecule has 216 valence electrons. The minimum Gasteiger partial charge on any atom is -0.506 e. The first-order valence-corrected chi connectivity index (χ1v) is 15.4. The maximum absolute atomic E-state index is 10.5. The molecule has 4 aromatic carbocycles. The molecule has 0 saturated heterocycles. The second-order valence-electron chi connectivity index (χ2n) is 12.0. The van der Waals surface area contributed by atoms with E-state index in [1.54, 1.807) is 6.07 Å². The van der Waals surface area contributed by atoms with Gasteiger partial charge in [0.05, 0.1) is 16.7 Å². The normalized spacial score (nSPS) is 13.8. The zero-order valence-corrected chi connectivity index (χ0v) is 24.9. The molecule has 5 nitrogen and oxygen atoms in total. The van der Waals surface area contributed by atoms with Crippen LogP contribution in [-0.2, 0) is 0 Å². The van der Waals surface area contributed by atoms with E-state index in [1.165, 1.54) is 47.5 Å². The van der Waals surface area contributed by atoms with Gasteiger partial charge in [-0.3, -0.25) is 4.57 Å². The van der Waals surface area contributed by atoms with Crippen molar-refractivity contribution in [3.05, 3.63) is 120 Å². The third-order valence-corrected chi connectivity index (χ3v) is 9.17. The number of aromatic hydroxyl groups is 1. The van der Waals surface area contributed by atoms with E-state index < -0.39 is 0 Å². The average Bonchev–Trinajstić information content (AvgIpc) is 3.70. The van der Waals surface area contributed by atoms with E-state index >= 15 is 0 Å². The Kier molecular flexibility index (Phi) is 6.33. The molecule has 5 heteroatoms. The highest BCUT2D eigenvalue weighted by molar-refractivity contribution is 6.12. The number of benzene rings is 4. The van der Waals surface area contributed by atoms with Gasteiger partial charge < -0.3 is 9.84 Å². The number of rotatable bonds is 5. The Morgan fingerprint density at radius 1 is 0.750 bits per heavy atom. The summed E-state index contributed by atoms with van der Waals surface area (Å²) in [4.78, 5) is 9.92. The monoisotopic (exact) mass is 575 g/mol. The molecule has 1 fully saturated rings. The second kappa shape index (κ2) is 10.5. The van der Waals surface area contributed by atoms with Gasteiger partial charge in [0.1, 0.15) is 22.8 Å². The van der Waals surface area contributed by atoms with Gasteiger partial charge in [0.25, 0.3) is 0 Å². The number of phenolic OH excluding ortho intramolecular Hbond substituents is 1. The summed E-state index contributed by atoms with van der Waals surface area (Å²) in [6, 6.07) is 35.0. The molecule has 0 radical (unpaired) electrons. The minimum atomic E-state index is 0.145. The number of aryl methyl sites for hydroxylation is 2. The second-order valence-corrected chi connectivity index (χ2v) is 12.0. The minimum absolute atomic E-state index is 0.145. The summed E-state index contributed by atoms with van der Waals surface area (Å²) < 4.78 is 8.77. The lowest BCUT2D eigenvalue weighted by Crippen LogP contribution is -2.02. The highest BCUT2D eigenvalue weighted by atomic mass is 16.5. The van der Waals surface area contributed by atoms with Crippen LogP contribution in [0.5, 0.6) is 17.4 Å². The van der Waals surface area contributed by atoms with Crippen molar-refractivity contribution in [3.63, 3.8) is 0 Å². The van der Waals surface area contributed by atoms with Gasteiger partial charge in [-0.15, -0.1) is 0 Å². The van der Waals surface area contributed by atoms with Gasteiger partial charge in [0, 0.05) is 33.9 Å². The maximum atomic E-state index is 10.5. The lowest BCUT2D eigenvalue weighted by molar-refractivity contribution is 0.460. The van der Waals surface area contributed by atoms with Crippen molar-refractivity contribution in [2.75, 3.05) is 0 Å². The van der Waals surface area contributed by atoms with Crippen LogP contribution >= 0.6 is 0 Å². The van der Waals surface area contributed by atoms with Crippen molar-refractivity contribution in [2.24, 2.45) is 0 Å². The van der Waals surface area contributed by atoms with Gasteiger partial charge in [0.15, 0.2) is 0 Å². The van der Waals surface area contributed by atoms with Crippen molar-refractivity contribution in [1.82, 2.24) is 14.5 Å². The summed E-state index contributed by atoms with van der Waals surface area (Å²) in [7, 11) is 0. The van der Waals surface area contributed by atoms with Crippen molar-refractivity contribution >= 4 is 32.7 Å². The number of aromatic nitrogens is 3. The number of phenols is 1. The van der Waals surface area contributed by atoms with Crippen LogP contribution in [0.25, 0.3) is 49.8 Å². The fraction of sp³-hybridized carbons (Fsp3) is 0.179. The van der Waals surface area contributed by atoms with Crippen LogP contribution in [0.4, 0.5) is 0 Å². The van der Waals surface area contributed by atoms with Crippen molar-refractivity contribution < 1.29 is 9.84 Å². The molecule has 8 rings (SSSR count). The molecule has 0 bridgehead atoms. The first-order valence-electron chi connectivity index (χ1n) is 15.4. The van der Waals surface area contributed by atoms with Gasteiger partial charge in [0.2, 0.25) is 5.88 Å². The molecule has 1 saturated carbocycles.